The van der Waals surface area contributed by atoms with Crippen LogP contribution in [0.1, 0.15) is 46.3 Å². The van der Waals surface area contributed by atoms with Gasteiger partial charge in [0.25, 0.3) is 0 Å². The number of anilines is 3. The van der Waals surface area contributed by atoms with Crippen molar-refractivity contribution < 1.29 is 19.4 Å². The molecule has 0 saturated carbocycles. The number of rotatable bonds is 8. The Bertz CT molecular complexity index is 1390. The molecule has 0 radical (unpaired) electrons. The lowest BCUT2D eigenvalue weighted by atomic mass is 10.0. The number of aromatic carboxylic acids is 1. The van der Waals surface area contributed by atoms with Crippen molar-refractivity contribution in [1.29, 1.82) is 5.26 Å². The largest absolute Gasteiger partial charge is 0.496 e. The highest BCUT2D eigenvalue weighted by molar-refractivity contribution is 9.10. The van der Waals surface area contributed by atoms with E-state index >= 15 is 0 Å². The van der Waals surface area contributed by atoms with E-state index in [0.717, 1.165) is 42.9 Å². The van der Waals surface area contributed by atoms with Crippen molar-refractivity contribution in [2.24, 2.45) is 0 Å². The number of piperidine rings is 1. The summed E-state index contributed by atoms with van der Waals surface area (Å²) >= 11 is 3.44. The highest BCUT2D eigenvalue weighted by Crippen LogP contribution is 2.36. The third-order valence-electron chi connectivity index (χ3n) is 6.58. The molecule has 39 heavy (non-hydrogen) atoms. The Morgan fingerprint density at radius 3 is 2.44 bits per heavy atom. The molecule has 1 fully saturated rings. The van der Waals surface area contributed by atoms with Crippen molar-refractivity contribution in [3.8, 4) is 11.8 Å². The Morgan fingerprint density at radius 1 is 1.13 bits per heavy atom. The summed E-state index contributed by atoms with van der Waals surface area (Å²) in [6.07, 6.45) is 3.35. The van der Waals surface area contributed by atoms with Crippen LogP contribution in [0.25, 0.3) is 0 Å². The first-order valence-corrected chi connectivity index (χ1v) is 13.2. The Labute approximate surface area is 242 Å². The molecular weight excluding hydrogens is 584 g/mol. The van der Waals surface area contributed by atoms with Gasteiger partial charge in [-0.2, -0.15) is 5.26 Å². The summed E-state index contributed by atoms with van der Waals surface area (Å²) in [5.74, 6) is -1.18. The summed E-state index contributed by atoms with van der Waals surface area (Å²) < 4.78 is 5.79. The van der Waals surface area contributed by atoms with Gasteiger partial charge in [0, 0.05) is 17.6 Å². The molecule has 0 unspecified atom stereocenters. The molecule has 0 aliphatic carbocycles. The van der Waals surface area contributed by atoms with E-state index in [1.165, 1.54) is 19.6 Å². The number of nitrogens with zero attached hydrogens (tertiary/aromatic N) is 3. The lowest BCUT2D eigenvalue weighted by molar-refractivity contribution is -0.117. The van der Waals surface area contributed by atoms with Gasteiger partial charge in [0.2, 0.25) is 5.91 Å². The summed E-state index contributed by atoms with van der Waals surface area (Å²) in [7, 11) is 1.40. The number of hydrazine groups is 1. The molecule has 4 rings (SSSR count). The molecule has 1 aliphatic heterocycles. The minimum absolute atomic E-state index is 0. The number of nitriles is 1. The van der Waals surface area contributed by atoms with Gasteiger partial charge >= 0.3 is 5.97 Å². The topological polar surface area (TPSA) is 106 Å². The van der Waals surface area contributed by atoms with Gasteiger partial charge < -0.3 is 14.7 Å². The number of hydrogen-bond acceptors (Lipinski definition) is 6. The average Bonchev–Trinajstić information content (AvgIpc) is 2.93. The molecule has 3 aromatic rings. The predicted octanol–water partition coefficient (Wildman–Crippen LogP) is 6.35. The molecular formula is C29H30BrClN4O4. The van der Waals surface area contributed by atoms with Gasteiger partial charge in [0.15, 0.2) is 0 Å². The number of para-hydroxylation sites is 1. The number of carboxylic acid groups (broad SMARTS) is 1. The lowest BCUT2D eigenvalue weighted by Crippen LogP contribution is -2.40. The normalized spacial score (nSPS) is 12.6. The van der Waals surface area contributed by atoms with Gasteiger partial charge in [-0.05, 0) is 79.8 Å². The molecule has 0 spiro atoms. The Morgan fingerprint density at radius 2 is 1.82 bits per heavy atom. The number of methoxy groups -OCH3 is 1. The zero-order valence-corrected chi connectivity index (χ0v) is 24.1. The van der Waals surface area contributed by atoms with Crippen LogP contribution in [-0.4, -0.2) is 37.2 Å². The number of halogens is 2. The van der Waals surface area contributed by atoms with Crippen LogP contribution in [0.15, 0.2) is 59.1 Å². The second kappa shape index (κ2) is 13.4. The molecule has 1 heterocycles. The summed E-state index contributed by atoms with van der Waals surface area (Å²) in [6, 6.07) is 18.1. The highest BCUT2D eigenvalue weighted by atomic mass is 79.9. The second-order valence-corrected chi connectivity index (χ2v) is 10.0. The van der Waals surface area contributed by atoms with Crippen molar-refractivity contribution in [3.63, 3.8) is 0 Å². The molecule has 0 aromatic heterocycles. The Balaban J connectivity index is 0.00000420. The third kappa shape index (κ3) is 6.83. The number of hydrogen-bond donors (Lipinski definition) is 2. The molecule has 10 heteroatoms. The average molecular weight is 614 g/mol. The summed E-state index contributed by atoms with van der Waals surface area (Å²) in [5.41, 5.74) is 7.71. The minimum atomic E-state index is -1.12. The van der Waals surface area contributed by atoms with Crippen LogP contribution in [0.4, 0.5) is 17.1 Å². The number of carboxylic acids is 1. The molecule has 2 N–H and O–H groups in total. The van der Waals surface area contributed by atoms with Crippen LogP contribution in [-0.2, 0) is 11.2 Å². The highest BCUT2D eigenvalue weighted by Gasteiger charge is 2.26. The molecule has 1 aliphatic rings. The van der Waals surface area contributed by atoms with E-state index < -0.39 is 5.97 Å². The van der Waals surface area contributed by atoms with Crippen molar-refractivity contribution in [1.82, 2.24) is 0 Å². The number of aryl methyl sites for hydroxylation is 1. The van der Waals surface area contributed by atoms with Crippen LogP contribution in [0, 0.1) is 18.3 Å². The monoisotopic (exact) mass is 612 g/mol. The van der Waals surface area contributed by atoms with Gasteiger partial charge in [0.05, 0.1) is 42.2 Å². The number of ether oxygens (including phenoxy) is 1. The van der Waals surface area contributed by atoms with E-state index in [2.05, 4.69) is 32.3 Å². The molecule has 8 nitrogen and oxygen atoms in total. The van der Waals surface area contributed by atoms with E-state index in [1.54, 1.807) is 35.3 Å². The van der Waals surface area contributed by atoms with Crippen LogP contribution in [0.3, 0.4) is 0 Å². The second-order valence-electron chi connectivity index (χ2n) is 9.15. The molecule has 0 bridgehead atoms. The van der Waals surface area contributed by atoms with E-state index in [0.29, 0.717) is 21.3 Å². The maximum atomic E-state index is 14.0. The van der Waals surface area contributed by atoms with E-state index in [-0.39, 0.29) is 36.0 Å². The fourth-order valence-corrected chi connectivity index (χ4v) is 5.11. The first kappa shape index (κ1) is 29.8. The molecule has 204 valence electrons. The summed E-state index contributed by atoms with van der Waals surface area (Å²) in [6.45, 7) is 3.80. The minimum Gasteiger partial charge on any atom is -0.496 e. The number of benzene rings is 3. The Hall–Kier alpha value is -3.74. The fraction of sp³-hybridized carbons (Fsp3) is 0.276. The van der Waals surface area contributed by atoms with Crippen molar-refractivity contribution in [2.75, 3.05) is 35.5 Å². The smallest absolute Gasteiger partial charge is 0.339 e. The van der Waals surface area contributed by atoms with Gasteiger partial charge in [-0.25, -0.2) is 9.80 Å². The van der Waals surface area contributed by atoms with Crippen LogP contribution in [0.2, 0.25) is 0 Å². The first-order chi connectivity index (χ1) is 18.3. The van der Waals surface area contributed by atoms with Gasteiger partial charge in [-0.15, -0.1) is 12.4 Å². The van der Waals surface area contributed by atoms with Crippen molar-refractivity contribution in [2.45, 2.75) is 32.6 Å². The number of carbonyl (C=O) groups is 2. The SMILES string of the molecule is COc1cc(CC(=O)N(Nc2ccc(C#N)cc2)c2c(C)cccc2N2CCCCC2)c(Br)cc1C(=O)O.Cl. The zero-order chi connectivity index (χ0) is 27.2. The Kier molecular flexibility index (Phi) is 10.2. The van der Waals surface area contributed by atoms with Crippen LogP contribution >= 0.6 is 28.3 Å². The number of amides is 1. The zero-order valence-electron chi connectivity index (χ0n) is 21.7. The molecule has 0 atom stereocenters. The third-order valence-corrected chi connectivity index (χ3v) is 7.32. The van der Waals surface area contributed by atoms with Crippen LogP contribution in [0.5, 0.6) is 5.75 Å². The van der Waals surface area contributed by atoms with E-state index in [1.807, 2.05) is 25.1 Å². The predicted molar refractivity (Wildman–Crippen MR) is 158 cm³/mol. The van der Waals surface area contributed by atoms with Gasteiger partial charge in [-0.1, -0.05) is 28.1 Å². The quantitative estimate of drug-likeness (QED) is 0.285. The standard InChI is InChI=1S/C29H29BrN4O4.ClH/c1-19-7-6-8-25(33-13-4-3-5-14-33)28(19)34(32-22-11-9-20(18-31)10-12-22)27(35)16-21-15-26(38-2)23(29(36)37)17-24(21)30;/h6-12,15,17,32H,3-5,13-14,16H2,1-2H3,(H,36,37);1H. The first-order valence-electron chi connectivity index (χ1n) is 12.4. The van der Waals surface area contributed by atoms with Gasteiger partial charge in [0.1, 0.15) is 11.3 Å². The van der Waals surface area contributed by atoms with Crippen molar-refractivity contribution >= 4 is 57.3 Å². The van der Waals surface area contributed by atoms with Gasteiger partial charge in [-0.3, -0.25) is 10.2 Å². The summed E-state index contributed by atoms with van der Waals surface area (Å²) in [5, 5.41) is 20.3. The number of nitrogens with one attached hydrogen (secondary N) is 1. The maximum Gasteiger partial charge on any atom is 0.339 e. The molecule has 1 saturated heterocycles. The van der Waals surface area contributed by atoms with E-state index in [4.69, 9.17) is 4.74 Å². The molecule has 3 aromatic carbocycles. The fourth-order valence-electron chi connectivity index (χ4n) is 4.62. The summed E-state index contributed by atoms with van der Waals surface area (Å²) in [4.78, 5) is 27.9. The van der Waals surface area contributed by atoms with Crippen LogP contribution < -0.4 is 20.1 Å². The van der Waals surface area contributed by atoms with E-state index in [9.17, 15) is 20.0 Å². The number of carbonyl (C=O) groups excluding carboxylic acids is 1. The molecule has 1 amide bonds. The maximum absolute atomic E-state index is 14.0. The van der Waals surface area contributed by atoms with Crippen molar-refractivity contribution in [3.05, 3.63) is 81.3 Å². The lowest BCUT2D eigenvalue weighted by Gasteiger charge is -2.35.